The minimum absolute atomic E-state index is 0.200. The lowest BCUT2D eigenvalue weighted by Crippen LogP contribution is -2.39. The molecule has 1 aliphatic heterocycles. The van der Waals surface area contributed by atoms with E-state index in [2.05, 4.69) is 10.2 Å². The number of carbonyl (C=O) groups excluding carboxylic acids is 1. The van der Waals surface area contributed by atoms with Crippen molar-refractivity contribution in [2.75, 3.05) is 6.54 Å². The summed E-state index contributed by atoms with van der Waals surface area (Å²) in [5.41, 5.74) is -1.14. The number of fused-ring (bicyclic) bond motifs is 1. The van der Waals surface area contributed by atoms with Crippen LogP contribution in [-0.4, -0.2) is 32.1 Å². The molecule has 2 aromatic rings. The Balaban J connectivity index is 1.55. The fourth-order valence-corrected chi connectivity index (χ4v) is 4.52. The standard InChI is InChI=1S/C16H17F3N4OS/c17-16(18,19)12-9-25-8-11(12)15(24)22-5-6-23-13(7-22)20-21-14(23)10-3-1-2-4-10/h8-10H,1-7H2. The first-order valence-electron chi connectivity index (χ1n) is 8.30. The normalized spacial score (nSPS) is 18.6. The van der Waals surface area contributed by atoms with Crippen LogP contribution in [0.1, 0.15) is 59.2 Å². The maximum atomic E-state index is 13.0. The average Bonchev–Trinajstić information content (AvgIpc) is 3.30. The highest BCUT2D eigenvalue weighted by molar-refractivity contribution is 7.08. The summed E-state index contributed by atoms with van der Waals surface area (Å²) in [5.74, 6) is 1.44. The fraction of sp³-hybridized carbons (Fsp3) is 0.562. The monoisotopic (exact) mass is 370 g/mol. The highest BCUT2D eigenvalue weighted by atomic mass is 32.1. The van der Waals surface area contributed by atoms with Crippen molar-refractivity contribution in [3.05, 3.63) is 33.5 Å². The zero-order valence-corrected chi connectivity index (χ0v) is 14.2. The summed E-state index contributed by atoms with van der Waals surface area (Å²) >= 11 is 0.891. The van der Waals surface area contributed by atoms with Crippen molar-refractivity contribution in [3.8, 4) is 0 Å². The fourth-order valence-electron chi connectivity index (χ4n) is 3.69. The lowest BCUT2D eigenvalue weighted by atomic mass is 10.1. The van der Waals surface area contributed by atoms with Gasteiger partial charge in [-0.2, -0.15) is 24.5 Å². The van der Waals surface area contributed by atoms with E-state index in [1.54, 1.807) is 0 Å². The van der Waals surface area contributed by atoms with Crippen LogP contribution in [0, 0.1) is 0 Å². The third-order valence-corrected chi connectivity index (χ3v) is 5.73. The smallest absolute Gasteiger partial charge is 0.329 e. The molecular weight excluding hydrogens is 353 g/mol. The molecular formula is C16H17F3N4OS. The number of aromatic nitrogens is 3. The molecule has 1 fully saturated rings. The lowest BCUT2D eigenvalue weighted by Gasteiger charge is -2.28. The molecule has 5 nitrogen and oxygen atoms in total. The summed E-state index contributed by atoms with van der Waals surface area (Å²) in [6.45, 7) is 1.10. The van der Waals surface area contributed by atoms with E-state index in [1.165, 1.54) is 23.1 Å². The number of thiophene rings is 1. The van der Waals surface area contributed by atoms with Crippen LogP contribution in [0.15, 0.2) is 10.8 Å². The van der Waals surface area contributed by atoms with Gasteiger partial charge < -0.3 is 9.47 Å². The Kier molecular flexibility index (Phi) is 4.05. The molecule has 1 saturated carbocycles. The van der Waals surface area contributed by atoms with Gasteiger partial charge in [-0.1, -0.05) is 12.8 Å². The first-order valence-corrected chi connectivity index (χ1v) is 9.24. The van der Waals surface area contributed by atoms with Crippen LogP contribution in [0.2, 0.25) is 0 Å². The highest BCUT2D eigenvalue weighted by Crippen LogP contribution is 2.36. The Bertz CT molecular complexity index is 792. The molecule has 0 aromatic carbocycles. The van der Waals surface area contributed by atoms with Crippen LogP contribution >= 0.6 is 11.3 Å². The van der Waals surface area contributed by atoms with E-state index in [9.17, 15) is 18.0 Å². The summed E-state index contributed by atoms with van der Waals surface area (Å²) in [7, 11) is 0. The SMILES string of the molecule is O=C(c1cscc1C(F)(F)F)N1CCn2c(nnc2C2CCCC2)C1. The second-order valence-electron chi connectivity index (χ2n) is 6.53. The second-order valence-corrected chi connectivity index (χ2v) is 7.27. The Morgan fingerprint density at radius 2 is 1.92 bits per heavy atom. The molecule has 0 unspecified atom stereocenters. The number of carbonyl (C=O) groups is 1. The van der Waals surface area contributed by atoms with Crippen molar-refractivity contribution in [1.29, 1.82) is 0 Å². The zero-order valence-electron chi connectivity index (χ0n) is 13.4. The molecule has 134 valence electrons. The molecule has 0 spiro atoms. The Labute approximate surface area is 146 Å². The van der Waals surface area contributed by atoms with Crippen LogP contribution in [0.4, 0.5) is 13.2 Å². The van der Waals surface area contributed by atoms with Gasteiger partial charge >= 0.3 is 6.18 Å². The van der Waals surface area contributed by atoms with Crippen molar-refractivity contribution in [2.45, 2.75) is 50.9 Å². The molecule has 0 N–H and O–H groups in total. The number of halogens is 3. The summed E-state index contributed by atoms with van der Waals surface area (Å²) in [6, 6.07) is 0. The molecule has 2 aromatic heterocycles. The number of nitrogens with zero attached hydrogens (tertiary/aromatic N) is 4. The van der Waals surface area contributed by atoms with Crippen LogP contribution in [0.5, 0.6) is 0 Å². The number of alkyl halides is 3. The van der Waals surface area contributed by atoms with Gasteiger partial charge in [0.2, 0.25) is 0 Å². The number of amides is 1. The molecule has 0 atom stereocenters. The summed E-state index contributed by atoms with van der Waals surface area (Å²) in [4.78, 5) is 14.0. The molecule has 0 saturated heterocycles. The van der Waals surface area contributed by atoms with Crippen LogP contribution in [0.25, 0.3) is 0 Å². The molecule has 1 amide bonds. The van der Waals surface area contributed by atoms with Crippen molar-refractivity contribution in [2.24, 2.45) is 0 Å². The third-order valence-electron chi connectivity index (χ3n) is 4.99. The predicted octanol–water partition coefficient (Wildman–Crippen LogP) is 3.67. The molecule has 9 heteroatoms. The van der Waals surface area contributed by atoms with E-state index in [0.717, 1.165) is 35.4 Å². The van der Waals surface area contributed by atoms with Crippen LogP contribution in [0.3, 0.4) is 0 Å². The third kappa shape index (κ3) is 2.94. The van der Waals surface area contributed by atoms with Crippen molar-refractivity contribution < 1.29 is 18.0 Å². The quantitative estimate of drug-likeness (QED) is 0.810. The molecule has 0 radical (unpaired) electrons. The van der Waals surface area contributed by atoms with E-state index in [0.29, 0.717) is 24.8 Å². The van der Waals surface area contributed by atoms with Gasteiger partial charge in [-0.15, -0.1) is 10.2 Å². The van der Waals surface area contributed by atoms with Gasteiger partial charge in [0, 0.05) is 29.8 Å². The zero-order chi connectivity index (χ0) is 17.6. The predicted molar refractivity (Wildman–Crippen MR) is 85.3 cm³/mol. The number of hydrogen-bond donors (Lipinski definition) is 0. The van der Waals surface area contributed by atoms with Gasteiger partial charge in [-0.25, -0.2) is 0 Å². The highest BCUT2D eigenvalue weighted by Gasteiger charge is 2.38. The van der Waals surface area contributed by atoms with E-state index < -0.39 is 17.6 Å². The van der Waals surface area contributed by atoms with E-state index >= 15 is 0 Å². The first kappa shape index (κ1) is 16.6. The van der Waals surface area contributed by atoms with E-state index in [1.807, 2.05) is 4.57 Å². The van der Waals surface area contributed by atoms with Crippen LogP contribution < -0.4 is 0 Å². The number of rotatable bonds is 2. The summed E-state index contributed by atoms with van der Waals surface area (Å²) < 4.78 is 41.1. The Morgan fingerprint density at radius 3 is 2.64 bits per heavy atom. The molecule has 0 bridgehead atoms. The lowest BCUT2D eigenvalue weighted by molar-refractivity contribution is -0.137. The van der Waals surface area contributed by atoms with E-state index in [-0.39, 0.29) is 12.1 Å². The largest absolute Gasteiger partial charge is 0.417 e. The minimum Gasteiger partial charge on any atom is -0.329 e. The van der Waals surface area contributed by atoms with Crippen molar-refractivity contribution in [3.63, 3.8) is 0 Å². The van der Waals surface area contributed by atoms with E-state index in [4.69, 9.17) is 0 Å². The maximum Gasteiger partial charge on any atom is 0.417 e. The molecule has 3 heterocycles. The number of hydrogen-bond acceptors (Lipinski definition) is 4. The molecule has 4 rings (SSSR count). The average molecular weight is 370 g/mol. The molecule has 2 aliphatic rings. The van der Waals surface area contributed by atoms with Crippen molar-refractivity contribution in [1.82, 2.24) is 19.7 Å². The maximum absolute atomic E-state index is 13.0. The summed E-state index contributed by atoms with van der Waals surface area (Å²) in [6.07, 6.45) is 0.0669. The molecule has 1 aliphatic carbocycles. The van der Waals surface area contributed by atoms with Gasteiger partial charge in [-0.05, 0) is 12.8 Å². The second kappa shape index (κ2) is 6.12. The van der Waals surface area contributed by atoms with Gasteiger partial charge in [0.1, 0.15) is 5.82 Å². The Morgan fingerprint density at radius 1 is 1.16 bits per heavy atom. The topological polar surface area (TPSA) is 51.0 Å². The Hall–Kier alpha value is -1.90. The summed E-state index contributed by atoms with van der Waals surface area (Å²) in [5, 5.41) is 10.7. The van der Waals surface area contributed by atoms with Gasteiger partial charge in [0.05, 0.1) is 17.7 Å². The van der Waals surface area contributed by atoms with Gasteiger partial charge in [0.25, 0.3) is 5.91 Å². The first-order chi connectivity index (χ1) is 11.9. The van der Waals surface area contributed by atoms with Crippen molar-refractivity contribution >= 4 is 17.2 Å². The minimum atomic E-state index is -4.52. The van der Waals surface area contributed by atoms with Gasteiger partial charge in [0.15, 0.2) is 5.82 Å². The van der Waals surface area contributed by atoms with Gasteiger partial charge in [-0.3, -0.25) is 4.79 Å². The molecule has 25 heavy (non-hydrogen) atoms. The van der Waals surface area contributed by atoms with Crippen LogP contribution in [-0.2, 0) is 19.3 Å².